The van der Waals surface area contributed by atoms with Crippen LogP contribution in [0, 0.1) is 17.6 Å². The number of carbonyl (C=O) groups excluding carboxylic acids is 1. The molecule has 18 heavy (non-hydrogen) atoms. The molecule has 1 amide bonds. The maximum Gasteiger partial charge on any atom is 0.240 e. The van der Waals surface area contributed by atoms with E-state index in [1.165, 1.54) is 7.11 Å². The molecule has 1 aromatic rings. The SMILES string of the molecule is COc1c(F)cc(C2=NNC(=O)CC2C)cc1F. The average Bonchev–Trinajstić information content (AvgIpc) is 2.28. The van der Waals surface area contributed by atoms with Crippen LogP contribution in [-0.2, 0) is 4.79 Å². The Morgan fingerprint density at radius 2 is 2.00 bits per heavy atom. The van der Waals surface area contributed by atoms with Crippen molar-refractivity contribution < 1.29 is 18.3 Å². The van der Waals surface area contributed by atoms with Gasteiger partial charge in [-0.3, -0.25) is 4.79 Å². The summed E-state index contributed by atoms with van der Waals surface area (Å²) in [7, 11) is 1.20. The summed E-state index contributed by atoms with van der Waals surface area (Å²) in [5, 5.41) is 3.84. The van der Waals surface area contributed by atoms with Gasteiger partial charge in [-0.25, -0.2) is 14.2 Å². The van der Waals surface area contributed by atoms with E-state index in [9.17, 15) is 13.6 Å². The minimum Gasteiger partial charge on any atom is -0.491 e. The monoisotopic (exact) mass is 254 g/mol. The van der Waals surface area contributed by atoms with E-state index in [1.807, 2.05) is 0 Å². The Bertz CT molecular complexity index is 506. The summed E-state index contributed by atoms with van der Waals surface area (Å²) >= 11 is 0. The number of hydrogen-bond acceptors (Lipinski definition) is 3. The van der Waals surface area contributed by atoms with Crippen molar-refractivity contribution >= 4 is 11.6 Å². The Hall–Kier alpha value is -1.98. The third kappa shape index (κ3) is 2.18. The van der Waals surface area contributed by atoms with Gasteiger partial charge in [-0.1, -0.05) is 6.92 Å². The summed E-state index contributed by atoms with van der Waals surface area (Å²) in [6.45, 7) is 1.78. The first-order chi connectivity index (χ1) is 8.52. The normalized spacial score (nSPS) is 19.2. The number of nitrogens with one attached hydrogen (secondary N) is 1. The molecule has 0 fully saturated rings. The fourth-order valence-corrected chi connectivity index (χ4v) is 1.91. The minimum absolute atomic E-state index is 0.189. The van der Waals surface area contributed by atoms with Gasteiger partial charge in [0.1, 0.15) is 0 Å². The molecule has 0 saturated heterocycles. The highest BCUT2D eigenvalue weighted by molar-refractivity contribution is 6.05. The molecule has 96 valence electrons. The van der Waals surface area contributed by atoms with Crippen molar-refractivity contribution in [2.75, 3.05) is 7.11 Å². The van der Waals surface area contributed by atoms with Crippen molar-refractivity contribution in [1.82, 2.24) is 5.43 Å². The molecular weight excluding hydrogens is 242 g/mol. The van der Waals surface area contributed by atoms with Crippen LogP contribution in [0.15, 0.2) is 17.2 Å². The molecule has 0 spiro atoms. The third-order valence-corrected chi connectivity index (χ3v) is 2.76. The van der Waals surface area contributed by atoms with Gasteiger partial charge in [0.2, 0.25) is 5.91 Å². The van der Waals surface area contributed by atoms with Crippen LogP contribution in [0.4, 0.5) is 8.78 Å². The van der Waals surface area contributed by atoms with Crippen molar-refractivity contribution in [3.8, 4) is 5.75 Å². The molecule has 0 aromatic heterocycles. The zero-order valence-electron chi connectivity index (χ0n) is 9.96. The van der Waals surface area contributed by atoms with E-state index >= 15 is 0 Å². The van der Waals surface area contributed by atoms with Crippen LogP contribution in [0.1, 0.15) is 18.9 Å². The zero-order valence-corrected chi connectivity index (χ0v) is 9.96. The molecule has 2 rings (SSSR count). The predicted molar refractivity (Wildman–Crippen MR) is 61.4 cm³/mol. The Labute approximate surface area is 103 Å². The van der Waals surface area contributed by atoms with E-state index < -0.39 is 17.4 Å². The van der Waals surface area contributed by atoms with Crippen molar-refractivity contribution in [2.45, 2.75) is 13.3 Å². The van der Waals surface area contributed by atoms with Crippen LogP contribution >= 0.6 is 0 Å². The highest BCUT2D eigenvalue weighted by Crippen LogP contribution is 2.25. The van der Waals surface area contributed by atoms with Crippen LogP contribution < -0.4 is 10.2 Å². The highest BCUT2D eigenvalue weighted by atomic mass is 19.1. The summed E-state index contributed by atoms with van der Waals surface area (Å²) in [6.07, 6.45) is 0.244. The van der Waals surface area contributed by atoms with Crippen molar-refractivity contribution in [3.63, 3.8) is 0 Å². The van der Waals surface area contributed by atoms with Gasteiger partial charge in [0.25, 0.3) is 0 Å². The summed E-state index contributed by atoms with van der Waals surface area (Å²) in [5.74, 6) is -2.41. The van der Waals surface area contributed by atoms with Gasteiger partial charge >= 0.3 is 0 Å². The summed E-state index contributed by atoms with van der Waals surface area (Å²) in [5.41, 5.74) is 3.06. The van der Waals surface area contributed by atoms with E-state index in [2.05, 4.69) is 15.3 Å². The smallest absolute Gasteiger partial charge is 0.240 e. The average molecular weight is 254 g/mol. The molecular formula is C12H12F2N2O2. The van der Waals surface area contributed by atoms with Crippen LogP contribution in [0.5, 0.6) is 5.75 Å². The third-order valence-electron chi connectivity index (χ3n) is 2.76. The summed E-state index contributed by atoms with van der Waals surface area (Å²) in [4.78, 5) is 11.1. The number of amides is 1. The lowest BCUT2D eigenvalue weighted by Gasteiger charge is -2.19. The Balaban J connectivity index is 2.43. The number of benzene rings is 1. The van der Waals surface area contributed by atoms with E-state index in [0.29, 0.717) is 11.3 Å². The summed E-state index contributed by atoms with van der Waals surface area (Å²) in [6, 6.07) is 2.30. The molecule has 1 heterocycles. The molecule has 1 atom stereocenters. The van der Waals surface area contributed by atoms with Crippen molar-refractivity contribution in [1.29, 1.82) is 0 Å². The fourth-order valence-electron chi connectivity index (χ4n) is 1.91. The second-order valence-electron chi connectivity index (χ2n) is 4.11. The summed E-state index contributed by atoms with van der Waals surface area (Å²) < 4.78 is 31.7. The molecule has 4 nitrogen and oxygen atoms in total. The van der Waals surface area contributed by atoms with E-state index in [1.54, 1.807) is 6.92 Å². The molecule has 1 aliphatic rings. The van der Waals surface area contributed by atoms with Gasteiger partial charge in [0.15, 0.2) is 17.4 Å². The Morgan fingerprint density at radius 3 is 2.50 bits per heavy atom. The van der Waals surface area contributed by atoms with Gasteiger partial charge in [-0.15, -0.1) is 0 Å². The van der Waals surface area contributed by atoms with Crippen LogP contribution in [0.3, 0.4) is 0 Å². The quantitative estimate of drug-likeness (QED) is 0.875. The van der Waals surface area contributed by atoms with Crippen LogP contribution in [0.2, 0.25) is 0 Å². The van der Waals surface area contributed by atoms with Gasteiger partial charge < -0.3 is 4.74 Å². The molecule has 0 radical (unpaired) electrons. The first-order valence-corrected chi connectivity index (χ1v) is 5.42. The van der Waals surface area contributed by atoms with Gasteiger partial charge in [-0.05, 0) is 12.1 Å². The number of halogens is 2. The largest absolute Gasteiger partial charge is 0.491 e. The molecule has 0 bridgehead atoms. The molecule has 1 aromatic carbocycles. The van der Waals surface area contributed by atoms with Crippen molar-refractivity contribution in [2.24, 2.45) is 11.0 Å². The molecule has 1 N–H and O–H groups in total. The maximum absolute atomic E-state index is 13.6. The predicted octanol–water partition coefficient (Wildman–Crippen LogP) is 1.83. The number of nitrogens with zero attached hydrogens (tertiary/aromatic N) is 1. The van der Waals surface area contributed by atoms with Crippen LogP contribution in [-0.4, -0.2) is 18.7 Å². The molecule has 0 saturated carbocycles. The van der Waals surface area contributed by atoms with Crippen LogP contribution in [0.25, 0.3) is 0 Å². The number of methoxy groups -OCH3 is 1. The molecule has 0 aliphatic carbocycles. The van der Waals surface area contributed by atoms with Crippen molar-refractivity contribution in [3.05, 3.63) is 29.3 Å². The first-order valence-electron chi connectivity index (χ1n) is 5.42. The number of hydrogen-bond donors (Lipinski definition) is 1. The van der Waals surface area contributed by atoms with Gasteiger partial charge in [0, 0.05) is 17.9 Å². The minimum atomic E-state index is -0.792. The maximum atomic E-state index is 13.6. The van der Waals surface area contributed by atoms with E-state index in [0.717, 1.165) is 12.1 Å². The highest BCUT2D eigenvalue weighted by Gasteiger charge is 2.23. The van der Waals surface area contributed by atoms with Gasteiger partial charge in [-0.2, -0.15) is 5.10 Å². The number of rotatable bonds is 2. The topological polar surface area (TPSA) is 50.7 Å². The second-order valence-corrected chi connectivity index (χ2v) is 4.11. The zero-order chi connectivity index (χ0) is 13.3. The molecule has 1 unspecified atom stereocenters. The number of hydrazone groups is 1. The standard InChI is InChI=1S/C12H12F2N2O2/c1-6-3-10(17)15-16-11(6)7-4-8(13)12(18-2)9(14)5-7/h4-6H,3H2,1-2H3,(H,15,17). The Morgan fingerprint density at radius 1 is 1.39 bits per heavy atom. The van der Waals surface area contributed by atoms with E-state index in [4.69, 9.17) is 0 Å². The number of carbonyl (C=O) groups is 1. The first kappa shape index (κ1) is 12.5. The van der Waals surface area contributed by atoms with E-state index in [-0.39, 0.29) is 18.2 Å². The lowest BCUT2D eigenvalue weighted by molar-refractivity contribution is -0.121. The lowest BCUT2D eigenvalue weighted by atomic mass is 9.94. The second kappa shape index (κ2) is 4.72. The molecule has 6 heteroatoms. The van der Waals surface area contributed by atoms with Gasteiger partial charge in [0.05, 0.1) is 12.8 Å². The lowest BCUT2D eigenvalue weighted by Crippen LogP contribution is -2.32. The fraction of sp³-hybridized carbons (Fsp3) is 0.333. The number of ether oxygens (including phenoxy) is 1. The molecule has 1 aliphatic heterocycles. The Kier molecular flexibility index (Phi) is 3.27.